The van der Waals surface area contributed by atoms with E-state index in [-0.39, 0.29) is 11.4 Å². The van der Waals surface area contributed by atoms with Gasteiger partial charge < -0.3 is 14.4 Å². The summed E-state index contributed by atoms with van der Waals surface area (Å²) in [6.07, 6.45) is 4.92. The van der Waals surface area contributed by atoms with Crippen molar-refractivity contribution < 1.29 is 23.9 Å². The van der Waals surface area contributed by atoms with Gasteiger partial charge in [0, 0.05) is 42.2 Å². The molecule has 0 bridgehead atoms. The van der Waals surface area contributed by atoms with E-state index in [1.807, 2.05) is 51.3 Å². The van der Waals surface area contributed by atoms with Crippen molar-refractivity contribution in [2.24, 2.45) is 0 Å². The molecule has 3 aromatic rings. The van der Waals surface area contributed by atoms with Gasteiger partial charge in [-0.15, -0.1) is 0 Å². The lowest BCUT2D eigenvalue weighted by Gasteiger charge is -2.26. The first kappa shape index (κ1) is 29.3. The lowest BCUT2D eigenvalue weighted by molar-refractivity contribution is 0.0513. The monoisotopic (exact) mass is 589 g/mol. The molecule has 0 atom stereocenters. The molecule has 1 fully saturated rings. The highest BCUT2D eigenvalue weighted by Gasteiger charge is 2.42. The maximum Gasteiger partial charge on any atom is 0.435 e. The number of anilines is 1. The summed E-state index contributed by atoms with van der Waals surface area (Å²) in [7, 11) is 0. The second kappa shape index (κ2) is 9.86. The number of aryl methyl sites for hydroxylation is 2. The molecule has 1 saturated heterocycles. The minimum Gasteiger partial charge on any atom is -0.443 e. The Hall–Kier alpha value is -3.82. The molecule has 10 nitrogen and oxygen atoms in total. The fraction of sp³-hybridized carbons (Fsp3) is 0.576. The van der Waals surface area contributed by atoms with Crippen molar-refractivity contribution in [1.29, 1.82) is 0 Å². The van der Waals surface area contributed by atoms with Crippen LogP contribution < -0.4 is 4.90 Å². The topological polar surface area (TPSA) is 98.9 Å². The molecule has 0 radical (unpaired) electrons. The highest BCUT2D eigenvalue weighted by Crippen LogP contribution is 2.47. The van der Waals surface area contributed by atoms with Crippen molar-refractivity contribution in [3.05, 3.63) is 35.0 Å². The normalized spacial score (nSPS) is 17.9. The first-order valence-corrected chi connectivity index (χ1v) is 15.4. The standard InChI is InChI=1S/C33H43N5O5/c1-31(2,3)42-29(40)37-18-20-12-11-13-21-22-16-25-23(33(7,8)19-36(25)28(39)35-14-9-10-15-35)17-24(22)38(27(21)26(20)34-37)30(41)43-32(4,5)6/h16-18H,9-15,19H2,1-8H3. The Morgan fingerprint density at radius 3 is 2.19 bits per heavy atom. The maximum absolute atomic E-state index is 14.0. The highest BCUT2D eigenvalue weighted by atomic mass is 16.6. The van der Waals surface area contributed by atoms with Gasteiger partial charge in [0.15, 0.2) is 0 Å². The number of ether oxygens (including phenoxy) is 2. The smallest absolute Gasteiger partial charge is 0.435 e. The minimum atomic E-state index is -0.723. The van der Waals surface area contributed by atoms with Crippen LogP contribution >= 0.6 is 0 Å². The highest BCUT2D eigenvalue weighted by molar-refractivity contribution is 6.05. The van der Waals surface area contributed by atoms with Crippen molar-refractivity contribution in [3.8, 4) is 11.4 Å². The lowest BCUT2D eigenvalue weighted by Crippen LogP contribution is -2.42. The van der Waals surface area contributed by atoms with E-state index >= 15 is 0 Å². The summed E-state index contributed by atoms with van der Waals surface area (Å²) in [4.78, 5) is 44.6. The summed E-state index contributed by atoms with van der Waals surface area (Å²) in [5, 5.41) is 5.62. The number of urea groups is 1. The van der Waals surface area contributed by atoms with Crippen LogP contribution in [0.1, 0.15) is 91.3 Å². The zero-order chi connectivity index (χ0) is 31.1. The number of amides is 2. The van der Waals surface area contributed by atoms with Gasteiger partial charge in [-0.3, -0.25) is 4.90 Å². The van der Waals surface area contributed by atoms with E-state index in [1.54, 1.807) is 10.8 Å². The van der Waals surface area contributed by atoms with E-state index in [2.05, 4.69) is 26.0 Å². The molecule has 4 heterocycles. The molecule has 43 heavy (non-hydrogen) atoms. The maximum atomic E-state index is 14.0. The zero-order valence-corrected chi connectivity index (χ0v) is 26.7. The van der Waals surface area contributed by atoms with E-state index in [4.69, 9.17) is 14.6 Å². The SMILES string of the molecule is CC(C)(C)OC(=O)n1cc2c(n1)-c1c(c3cc4c(cc3n1C(=O)OC(C)(C)C)C(C)(C)CN4C(=O)N1CCCC1)CCC2. The largest absolute Gasteiger partial charge is 0.443 e. The Kier molecular flexibility index (Phi) is 6.71. The number of nitrogens with zero attached hydrogens (tertiary/aromatic N) is 5. The Morgan fingerprint density at radius 1 is 0.884 bits per heavy atom. The molecule has 1 aliphatic carbocycles. The van der Waals surface area contributed by atoms with Crippen LogP contribution in [0.3, 0.4) is 0 Å². The number of carbonyl (C=O) groups excluding carboxylic acids is 3. The molecule has 3 aliphatic rings. The molecule has 2 aliphatic heterocycles. The third-order valence-electron chi connectivity index (χ3n) is 8.41. The number of benzene rings is 1. The molecule has 2 aromatic heterocycles. The Balaban J connectivity index is 1.57. The second-order valence-electron chi connectivity index (χ2n) is 14.8. The lowest BCUT2D eigenvalue weighted by atomic mass is 9.86. The minimum absolute atomic E-state index is 0.0414. The molecule has 0 spiro atoms. The third kappa shape index (κ3) is 5.18. The Morgan fingerprint density at radius 2 is 1.53 bits per heavy atom. The van der Waals surface area contributed by atoms with E-state index in [0.29, 0.717) is 30.8 Å². The second-order valence-corrected chi connectivity index (χ2v) is 14.8. The van der Waals surface area contributed by atoms with Gasteiger partial charge in [0.25, 0.3) is 0 Å². The number of aromatic nitrogens is 3. The van der Waals surface area contributed by atoms with Gasteiger partial charge in [0.1, 0.15) is 16.9 Å². The number of likely N-dealkylation sites (tertiary alicyclic amines) is 1. The first-order valence-electron chi connectivity index (χ1n) is 15.4. The Bertz CT molecular complexity index is 1640. The third-order valence-corrected chi connectivity index (χ3v) is 8.41. The van der Waals surface area contributed by atoms with E-state index in [1.165, 1.54) is 4.68 Å². The van der Waals surface area contributed by atoms with Crippen LogP contribution in [0.2, 0.25) is 0 Å². The fourth-order valence-electron chi connectivity index (χ4n) is 6.62. The average molecular weight is 590 g/mol. The number of fused-ring (bicyclic) bond motifs is 6. The molecule has 2 amide bonds. The van der Waals surface area contributed by atoms with E-state index in [9.17, 15) is 14.4 Å². The predicted octanol–water partition coefficient (Wildman–Crippen LogP) is 6.87. The van der Waals surface area contributed by atoms with Crippen molar-refractivity contribution >= 4 is 34.8 Å². The predicted molar refractivity (Wildman–Crippen MR) is 165 cm³/mol. The molecule has 0 unspecified atom stereocenters. The van der Waals surface area contributed by atoms with E-state index in [0.717, 1.165) is 65.6 Å². The summed E-state index contributed by atoms with van der Waals surface area (Å²) >= 11 is 0. The molecule has 230 valence electrons. The molecule has 1 aromatic carbocycles. The van der Waals surface area contributed by atoms with E-state index < -0.39 is 23.4 Å². The van der Waals surface area contributed by atoms with Crippen LogP contribution in [-0.2, 0) is 27.7 Å². The zero-order valence-electron chi connectivity index (χ0n) is 26.7. The van der Waals surface area contributed by atoms with Crippen LogP contribution in [0.5, 0.6) is 0 Å². The summed E-state index contributed by atoms with van der Waals surface area (Å²) < 4.78 is 14.4. The van der Waals surface area contributed by atoms with Crippen molar-refractivity contribution in [2.45, 2.75) is 104 Å². The van der Waals surface area contributed by atoms with Gasteiger partial charge in [-0.05, 0) is 96.9 Å². The van der Waals surface area contributed by atoms with Gasteiger partial charge in [-0.1, -0.05) is 13.8 Å². The van der Waals surface area contributed by atoms with Crippen LogP contribution in [0.4, 0.5) is 20.1 Å². The average Bonchev–Trinajstić information content (AvgIpc) is 3.64. The molecule has 0 N–H and O–H groups in total. The summed E-state index contributed by atoms with van der Waals surface area (Å²) in [5.41, 5.74) is 3.96. The molecular formula is C33H43N5O5. The van der Waals surface area contributed by atoms with Gasteiger partial charge >= 0.3 is 18.2 Å². The van der Waals surface area contributed by atoms with Crippen LogP contribution in [0.25, 0.3) is 22.3 Å². The number of rotatable bonds is 0. The molecular weight excluding hydrogens is 546 g/mol. The molecule has 0 saturated carbocycles. The Labute approximate surface area is 252 Å². The number of carbonyl (C=O) groups is 3. The van der Waals surface area contributed by atoms with Crippen LogP contribution in [-0.4, -0.2) is 68.3 Å². The van der Waals surface area contributed by atoms with Crippen molar-refractivity contribution in [1.82, 2.24) is 19.2 Å². The quantitative estimate of drug-likeness (QED) is 0.284. The fourth-order valence-corrected chi connectivity index (χ4v) is 6.62. The number of hydrogen-bond acceptors (Lipinski definition) is 6. The molecule has 6 rings (SSSR count). The summed E-state index contributed by atoms with van der Waals surface area (Å²) in [6, 6.07) is 4.19. The van der Waals surface area contributed by atoms with Crippen molar-refractivity contribution in [2.75, 3.05) is 24.5 Å². The summed E-state index contributed by atoms with van der Waals surface area (Å²) in [5.74, 6) is 0. The number of hydrogen-bond donors (Lipinski definition) is 0. The van der Waals surface area contributed by atoms with Gasteiger partial charge in [-0.2, -0.15) is 9.78 Å². The first-order chi connectivity index (χ1) is 20.0. The van der Waals surface area contributed by atoms with Gasteiger partial charge in [0.2, 0.25) is 0 Å². The van der Waals surface area contributed by atoms with Gasteiger partial charge in [-0.25, -0.2) is 19.0 Å². The van der Waals surface area contributed by atoms with Crippen LogP contribution in [0.15, 0.2) is 18.3 Å². The van der Waals surface area contributed by atoms with Gasteiger partial charge in [0.05, 0.1) is 16.9 Å². The van der Waals surface area contributed by atoms with Crippen molar-refractivity contribution in [3.63, 3.8) is 0 Å². The molecule has 10 heteroatoms. The summed E-state index contributed by atoms with van der Waals surface area (Å²) in [6.45, 7) is 17.4. The van der Waals surface area contributed by atoms with Crippen LogP contribution in [0, 0.1) is 0 Å².